The van der Waals surface area contributed by atoms with E-state index in [4.69, 9.17) is 4.74 Å². The topological polar surface area (TPSA) is 70.2 Å². The summed E-state index contributed by atoms with van der Waals surface area (Å²) in [5.74, 6) is 0.335. The first-order valence-electron chi connectivity index (χ1n) is 12.3. The number of amides is 1. The van der Waals surface area contributed by atoms with E-state index in [-0.39, 0.29) is 18.5 Å². The zero-order chi connectivity index (χ0) is 25.1. The van der Waals surface area contributed by atoms with Crippen LogP contribution in [0, 0.1) is 0 Å². The van der Waals surface area contributed by atoms with Crippen LogP contribution in [-0.4, -0.2) is 69.2 Å². The molecule has 1 atom stereocenters. The third kappa shape index (κ3) is 5.10. The van der Waals surface area contributed by atoms with Crippen LogP contribution >= 0.6 is 0 Å². The number of sulfonamides is 1. The molecule has 0 saturated carbocycles. The minimum absolute atomic E-state index is 0.0872. The number of nitrogens with zero attached hydrogens (tertiary/aromatic N) is 3. The van der Waals surface area contributed by atoms with Crippen molar-refractivity contribution in [2.24, 2.45) is 0 Å². The molecule has 1 amide bonds. The second-order valence-corrected chi connectivity index (χ2v) is 11.2. The van der Waals surface area contributed by atoms with Crippen LogP contribution in [0.3, 0.4) is 0 Å². The van der Waals surface area contributed by atoms with Crippen LogP contribution in [0.4, 0.5) is 5.69 Å². The molecule has 5 rings (SSSR count). The predicted octanol–water partition coefficient (Wildman–Crippen LogP) is 3.54. The number of hydrogen-bond acceptors (Lipinski definition) is 5. The summed E-state index contributed by atoms with van der Waals surface area (Å²) in [5.41, 5.74) is 2.94. The van der Waals surface area contributed by atoms with Gasteiger partial charge in [0.2, 0.25) is 10.0 Å². The Balaban J connectivity index is 1.30. The van der Waals surface area contributed by atoms with Gasteiger partial charge in [0.25, 0.3) is 5.91 Å². The van der Waals surface area contributed by atoms with Gasteiger partial charge in [-0.15, -0.1) is 0 Å². The number of fused-ring (bicyclic) bond motifs is 1. The molecule has 1 unspecified atom stereocenters. The lowest BCUT2D eigenvalue weighted by molar-refractivity contribution is -0.140. The molecule has 0 bridgehead atoms. The maximum Gasteiger partial charge on any atom is 0.263 e. The van der Waals surface area contributed by atoms with Gasteiger partial charge in [-0.05, 0) is 23.3 Å². The van der Waals surface area contributed by atoms with Gasteiger partial charge in [0, 0.05) is 39.1 Å². The third-order valence-corrected chi connectivity index (χ3v) is 8.07. The molecule has 3 aromatic carbocycles. The van der Waals surface area contributed by atoms with Crippen LogP contribution in [-0.2, 0) is 14.8 Å². The second kappa shape index (κ2) is 10.3. The molecule has 3 aromatic rings. The monoisotopic (exact) mass is 505 g/mol. The second-order valence-electron chi connectivity index (χ2n) is 9.28. The van der Waals surface area contributed by atoms with Crippen molar-refractivity contribution in [3.63, 3.8) is 0 Å². The van der Waals surface area contributed by atoms with Gasteiger partial charge in [-0.2, -0.15) is 0 Å². The molecule has 2 aliphatic rings. The van der Waals surface area contributed by atoms with Crippen molar-refractivity contribution >= 4 is 21.6 Å². The molecule has 0 spiro atoms. The highest BCUT2D eigenvalue weighted by atomic mass is 32.2. The minimum atomic E-state index is -3.48. The van der Waals surface area contributed by atoms with E-state index in [0.29, 0.717) is 30.9 Å². The Bertz CT molecular complexity index is 1250. The standard InChI is InChI=1S/C28H31N3O4S/c1-36(33,34)31-17-16-26(35-25-15-9-8-14-24(25)31)28(32)30-20-18-29(19-21-30)27(22-10-4-2-5-11-22)23-12-6-3-7-13-23/h2-15,26-27H,16-21H2,1H3. The van der Waals surface area contributed by atoms with Crippen LogP contribution in [0.5, 0.6) is 5.75 Å². The Morgan fingerprint density at radius 1 is 0.806 bits per heavy atom. The summed E-state index contributed by atoms with van der Waals surface area (Å²) in [6, 6.07) is 28.0. The molecule has 2 aliphatic heterocycles. The van der Waals surface area contributed by atoms with Crippen molar-refractivity contribution in [1.82, 2.24) is 9.80 Å². The fraction of sp³-hybridized carbons (Fsp3) is 0.321. The average molecular weight is 506 g/mol. The normalized spacial score (nSPS) is 18.9. The molecule has 1 fully saturated rings. The van der Waals surface area contributed by atoms with Gasteiger partial charge in [-0.1, -0.05) is 72.8 Å². The zero-order valence-corrected chi connectivity index (χ0v) is 21.2. The zero-order valence-electron chi connectivity index (χ0n) is 20.4. The van der Waals surface area contributed by atoms with E-state index in [1.54, 1.807) is 24.3 Å². The summed E-state index contributed by atoms with van der Waals surface area (Å²) in [6.45, 7) is 2.85. The van der Waals surface area contributed by atoms with Gasteiger partial charge in [0.1, 0.15) is 5.75 Å². The predicted molar refractivity (Wildman–Crippen MR) is 141 cm³/mol. The van der Waals surface area contributed by atoms with Gasteiger partial charge >= 0.3 is 0 Å². The lowest BCUT2D eigenvalue weighted by Gasteiger charge is -2.40. The SMILES string of the molecule is CS(=O)(=O)N1CCC(C(=O)N2CCN(C(c3ccccc3)c3ccccc3)CC2)Oc2ccccc21. The van der Waals surface area contributed by atoms with Crippen molar-refractivity contribution < 1.29 is 17.9 Å². The number of benzene rings is 3. The Labute approximate surface area is 212 Å². The average Bonchev–Trinajstić information content (AvgIpc) is 3.10. The number of piperazine rings is 1. The minimum Gasteiger partial charge on any atom is -0.478 e. The summed E-state index contributed by atoms with van der Waals surface area (Å²) in [5, 5.41) is 0. The van der Waals surface area contributed by atoms with E-state index in [1.165, 1.54) is 21.7 Å². The molecule has 1 saturated heterocycles. The molecular formula is C28H31N3O4S. The Morgan fingerprint density at radius 3 is 1.94 bits per heavy atom. The summed E-state index contributed by atoms with van der Waals surface area (Å²) < 4.78 is 32.2. The Morgan fingerprint density at radius 2 is 1.36 bits per heavy atom. The van der Waals surface area contributed by atoms with Gasteiger partial charge in [-0.3, -0.25) is 14.0 Å². The smallest absolute Gasteiger partial charge is 0.263 e. The number of carbonyl (C=O) groups excluding carboxylic acids is 1. The number of anilines is 1. The summed E-state index contributed by atoms with van der Waals surface area (Å²) in [6.07, 6.45) is 0.766. The molecule has 0 aromatic heterocycles. The summed E-state index contributed by atoms with van der Waals surface area (Å²) in [7, 11) is -3.48. The van der Waals surface area contributed by atoms with Crippen molar-refractivity contribution in [2.75, 3.05) is 43.3 Å². The highest BCUT2D eigenvalue weighted by molar-refractivity contribution is 7.92. The fourth-order valence-corrected chi connectivity index (χ4v) is 6.08. The van der Waals surface area contributed by atoms with Crippen LogP contribution in [0.15, 0.2) is 84.9 Å². The van der Waals surface area contributed by atoms with Crippen LogP contribution in [0.1, 0.15) is 23.6 Å². The number of para-hydroxylation sites is 2. The Hall–Kier alpha value is -3.36. The van der Waals surface area contributed by atoms with Gasteiger partial charge in [0.05, 0.1) is 18.0 Å². The van der Waals surface area contributed by atoms with Gasteiger partial charge in [0.15, 0.2) is 6.10 Å². The van der Waals surface area contributed by atoms with Crippen molar-refractivity contribution in [2.45, 2.75) is 18.6 Å². The van der Waals surface area contributed by atoms with Gasteiger partial charge < -0.3 is 9.64 Å². The molecule has 0 radical (unpaired) electrons. The molecule has 188 valence electrons. The van der Waals surface area contributed by atoms with Crippen molar-refractivity contribution in [3.05, 3.63) is 96.1 Å². The molecule has 0 N–H and O–H groups in total. The molecular weight excluding hydrogens is 474 g/mol. The quantitative estimate of drug-likeness (QED) is 0.531. The van der Waals surface area contributed by atoms with E-state index in [0.717, 1.165) is 13.1 Å². The van der Waals surface area contributed by atoms with Gasteiger partial charge in [-0.25, -0.2) is 8.42 Å². The number of carbonyl (C=O) groups is 1. The first-order chi connectivity index (χ1) is 17.4. The van der Waals surface area contributed by atoms with Crippen molar-refractivity contribution in [1.29, 1.82) is 0 Å². The lowest BCUT2D eigenvalue weighted by atomic mass is 9.96. The first kappa shape index (κ1) is 24.3. The van der Waals surface area contributed by atoms with E-state index < -0.39 is 16.1 Å². The van der Waals surface area contributed by atoms with E-state index in [9.17, 15) is 13.2 Å². The van der Waals surface area contributed by atoms with Crippen LogP contribution in [0.25, 0.3) is 0 Å². The fourth-order valence-electron chi connectivity index (χ4n) is 5.14. The summed E-state index contributed by atoms with van der Waals surface area (Å²) in [4.78, 5) is 17.8. The lowest BCUT2D eigenvalue weighted by Crippen LogP contribution is -2.53. The molecule has 36 heavy (non-hydrogen) atoms. The van der Waals surface area contributed by atoms with Crippen LogP contribution in [0.2, 0.25) is 0 Å². The van der Waals surface area contributed by atoms with E-state index >= 15 is 0 Å². The number of ether oxygens (including phenoxy) is 1. The molecule has 8 heteroatoms. The van der Waals surface area contributed by atoms with Crippen LogP contribution < -0.4 is 9.04 Å². The van der Waals surface area contributed by atoms with E-state index in [2.05, 4.69) is 53.4 Å². The molecule has 0 aliphatic carbocycles. The first-order valence-corrected chi connectivity index (χ1v) is 14.1. The molecule has 7 nitrogen and oxygen atoms in total. The van der Waals surface area contributed by atoms with Crippen molar-refractivity contribution in [3.8, 4) is 5.75 Å². The third-order valence-electron chi connectivity index (χ3n) is 6.90. The highest BCUT2D eigenvalue weighted by Crippen LogP contribution is 2.35. The largest absolute Gasteiger partial charge is 0.478 e. The summed E-state index contributed by atoms with van der Waals surface area (Å²) >= 11 is 0. The molecule has 2 heterocycles. The Kier molecular flexibility index (Phi) is 6.98. The van der Waals surface area contributed by atoms with E-state index in [1.807, 2.05) is 17.0 Å². The number of hydrogen-bond donors (Lipinski definition) is 0. The maximum absolute atomic E-state index is 13.5. The maximum atomic E-state index is 13.5. The number of rotatable bonds is 5. The highest BCUT2D eigenvalue weighted by Gasteiger charge is 2.35.